The molecule has 3 N–H and O–H groups in total. The number of ether oxygens (including phenoxy) is 1. The predicted octanol–water partition coefficient (Wildman–Crippen LogP) is 3.71. The Morgan fingerprint density at radius 1 is 1.12 bits per heavy atom. The van der Waals surface area contributed by atoms with Crippen LogP contribution in [0.4, 0.5) is 0 Å². The molecule has 0 unspecified atom stereocenters. The summed E-state index contributed by atoms with van der Waals surface area (Å²) in [5.41, 5.74) is 2.08. The highest BCUT2D eigenvalue weighted by atomic mass is 127. The molecule has 0 aromatic heterocycles. The summed E-state index contributed by atoms with van der Waals surface area (Å²) >= 11 is 0. The van der Waals surface area contributed by atoms with Crippen LogP contribution in [0.2, 0.25) is 0 Å². The van der Waals surface area contributed by atoms with Crippen molar-refractivity contribution in [3.05, 3.63) is 59.7 Å². The van der Waals surface area contributed by atoms with Gasteiger partial charge in [0.2, 0.25) is 0 Å². The molecular formula is C20H28IN3O2. The molecule has 0 heterocycles. The Bertz CT molecular complexity index is 678. The van der Waals surface area contributed by atoms with Crippen molar-refractivity contribution >= 4 is 29.9 Å². The van der Waals surface area contributed by atoms with Gasteiger partial charge in [0.15, 0.2) is 5.96 Å². The zero-order chi connectivity index (χ0) is 17.9. The van der Waals surface area contributed by atoms with Crippen molar-refractivity contribution < 1.29 is 9.84 Å². The van der Waals surface area contributed by atoms with E-state index in [0.29, 0.717) is 12.3 Å². The third-order valence-electron chi connectivity index (χ3n) is 3.82. The number of halogens is 1. The Kier molecular flexibility index (Phi) is 10.5. The quantitative estimate of drug-likeness (QED) is 0.239. The Labute approximate surface area is 172 Å². The fraction of sp³-hybridized carbons (Fsp3) is 0.350. The maximum absolute atomic E-state index is 9.95. The first-order valence-electron chi connectivity index (χ1n) is 8.65. The summed E-state index contributed by atoms with van der Waals surface area (Å²) < 4.78 is 5.19. The van der Waals surface area contributed by atoms with Crippen molar-refractivity contribution in [1.82, 2.24) is 10.6 Å². The van der Waals surface area contributed by atoms with Gasteiger partial charge in [-0.2, -0.15) is 0 Å². The summed E-state index contributed by atoms with van der Waals surface area (Å²) in [6.45, 7) is 4.04. The lowest BCUT2D eigenvalue weighted by Crippen LogP contribution is -2.37. The Balaban J connectivity index is 0.00000338. The number of methoxy groups -OCH3 is 1. The molecule has 142 valence electrons. The first kappa shape index (κ1) is 22.1. The standard InChI is InChI=1S/C20H27N3O2.HI/c1-3-21-20(22-13-7-10-16-8-5-4-6-9-16)23-15-17-14-18(25-2)11-12-19(17)24;/h4-6,8-9,11-12,14,24H,3,7,10,13,15H2,1-2H3,(H2,21,22,23);1H. The molecule has 0 aliphatic rings. The van der Waals surface area contributed by atoms with Gasteiger partial charge in [-0.25, -0.2) is 4.99 Å². The van der Waals surface area contributed by atoms with Gasteiger partial charge in [-0.1, -0.05) is 30.3 Å². The van der Waals surface area contributed by atoms with E-state index in [1.165, 1.54) is 5.56 Å². The molecule has 0 fully saturated rings. The van der Waals surface area contributed by atoms with E-state index < -0.39 is 0 Å². The molecule has 0 saturated heterocycles. The summed E-state index contributed by atoms with van der Waals surface area (Å²) in [5.74, 6) is 1.69. The Morgan fingerprint density at radius 2 is 1.88 bits per heavy atom. The SMILES string of the molecule is CCNC(=NCc1cc(OC)ccc1O)NCCCc1ccccc1.I. The number of rotatable bonds is 8. The average Bonchev–Trinajstić information content (AvgIpc) is 2.65. The average molecular weight is 469 g/mol. The van der Waals surface area contributed by atoms with Gasteiger partial charge in [-0.3, -0.25) is 0 Å². The summed E-state index contributed by atoms with van der Waals surface area (Å²) in [4.78, 5) is 4.54. The number of aliphatic imine (C=N–C) groups is 1. The second-order valence-corrected chi connectivity index (χ2v) is 5.71. The molecule has 2 aromatic carbocycles. The first-order chi connectivity index (χ1) is 12.2. The second-order valence-electron chi connectivity index (χ2n) is 5.71. The van der Waals surface area contributed by atoms with E-state index in [2.05, 4.69) is 39.9 Å². The summed E-state index contributed by atoms with van der Waals surface area (Å²) in [6.07, 6.45) is 2.06. The number of nitrogens with one attached hydrogen (secondary N) is 2. The highest BCUT2D eigenvalue weighted by Gasteiger charge is 2.04. The molecule has 0 aliphatic heterocycles. The van der Waals surface area contributed by atoms with Crippen LogP contribution in [0.1, 0.15) is 24.5 Å². The van der Waals surface area contributed by atoms with Gasteiger partial charge in [-0.05, 0) is 43.5 Å². The lowest BCUT2D eigenvalue weighted by atomic mass is 10.1. The van der Waals surface area contributed by atoms with Crippen molar-refractivity contribution in [1.29, 1.82) is 0 Å². The fourth-order valence-corrected chi connectivity index (χ4v) is 2.47. The summed E-state index contributed by atoms with van der Waals surface area (Å²) in [5, 5.41) is 16.5. The van der Waals surface area contributed by atoms with Crippen molar-refractivity contribution in [2.75, 3.05) is 20.2 Å². The number of hydrogen-bond donors (Lipinski definition) is 3. The van der Waals surface area contributed by atoms with Gasteiger partial charge in [-0.15, -0.1) is 24.0 Å². The number of benzene rings is 2. The topological polar surface area (TPSA) is 65.9 Å². The molecule has 0 spiro atoms. The van der Waals surface area contributed by atoms with Crippen molar-refractivity contribution in [2.45, 2.75) is 26.3 Å². The Hall–Kier alpha value is -1.96. The van der Waals surface area contributed by atoms with Crippen LogP contribution in [0.5, 0.6) is 11.5 Å². The van der Waals surface area contributed by atoms with Gasteiger partial charge in [0.05, 0.1) is 13.7 Å². The van der Waals surface area contributed by atoms with Crippen molar-refractivity contribution in [3.8, 4) is 11.5 Å². The van der Waals surface area contributed by atoms with E-state index in [0.717, 1.165) is 37.5 Å². The zero-order valence-corrected chi connectivity index (χ0v) is 17.7. The minimum Gasteiger partial charge on any atom is -0.508 e. The van der Waals surface area contributed by atoms with Crippen LogP contribution in [-0.4, -0.2) is 31.3 Å². The molecular weight excluding hydrogens is 441 g/mol. The number of aryl methyl sites for hydroxylation is 1. The molecule has 5 nitrogen and oxygen atoms in total. The lowest BCUT2D eigenvalue weighted by Gasteiger charge is -2.12. The van der Waals surface area contributed by atoms with Gasteiger partial charge in [0.25, 0.3) is 0 Å². The van der Waals surface area contributed by atoms with Gasteiger partial charge >= 0.3 is 0 Å². The largest absolute Gasteiger partial charge is 0.508 e. The molecule has 0 saturated carbocycles. The number of guanidine groups is 1. The van der Waals surface area contributed by atoms with E-state index in [4.69, 9.17) is 4.74 Å². The van der Waals surface area contributed by atoms with E-state index in [1.807, 2.05) is 13.0 Å². The van der Waals surface area contributed by atoms with Crippen LogP contribution in [0, 0.1) is 0 Å². The molecule has 2 rings (SSSR count). The van der Waals surface area contributed by atoms with Crippen LogP contribution >= 0.6 is 24.0 Å². The zero-order valence-electron chi connectivity index (χ0n) is 15.4. The predicted molar refractivity (Wildman–Crippen MR) is 118 cm³/mol. The highest BCUT2D eigenvalue weighted by molar-refractivity contribution is 14.0. The van der Waals surface area contributed by atoms with E-state index in [1.54, 1.807) is 25.3 Å². The number of hydrogen-bond acceptors (Lipinski definition) is 3. The number of phenolic OH excluding ortho intramolecular Hbond substituents is 1. The van der Waals surface area contributed by atoms with Gasteiger partial charge < -0.3 is 20.5 Å². The van der Waals surface area contributed by atoms with Crippen LogP contribution in [0.15, 0.2) is 53.5 Å². The first-order valence-corrected chi connectivity index (χ1v) is 8.65. The summed E-state index contributed by atoms with van der Waals surface area (Å²) in [6, 6.07) is 15.6. The molecule has 0 radical (unpaired) electrons. The molecule has 26 heavy (non-hydrogen) atoms. The van der Waals surface area contributed by atoms with E-state index in [-0.39, 0.29) is 29.7 Å². The fourth-order valence-electron chi connectivity index (χ4n) is 2.47. The second kappa shape index (κ2) is 12.4. The molecule has 6 heteroatoms. The van der Waals surface area contributed by atoms with E-state index in [9.17, 15) is 5.11 Å². The Morgan fingerprint density at radius 3 is 2.58 bits per heavy atom. The molecule has 0 atom stereocenters. The third kappa shape index (κ3) is 7.51. The van der Waals surface area contributed by atoms with Crippen LogP contribution < -0.4 is 15.4 Å². The normalized spacial score (nSPS) is 10.8. The summed E-state index contributed by atoms with van der Waals surface area (Å²) in [7, 11) is 1.61. The molecule has 0 amide bonds. The van der Waals surface area contributed by atoms with Gasteiger partial charge in [0, 0.05) is 18.7 Å². The maximum atomic E-state index is 9.95. The number of nitrogens with zero attached hydrogens (tertiary/aromatic N) is 1. The minimum absolute atomic E-state index is 0. The number of aromatic hydroxyl groups is 1. The molecule has 0 aliphatic carbocycles. The minimum atomic E-state index is 0. The highest BCUT2D eigenvalue weighted by Crippen LogP contribution is 2.23. The van der Waals surface area contributed by atoms with Crippen LogP contribution in [-0.2, 0) is 13.0 Å². The smallest absolute Gasteiger partial charge is 0.191 e. The van der Waals surface area contributed by atoms with Crippen molar-refractivity contribution in [3.63, 3.8) is 0 Å². The number of phenols is 1. The van der Waals surface area contributed by atoms with Crippen LogP contribution in [0.3, 0.4) is 0 Å². The molecule has 0 bridgehead atoms. The van der Waals surface area contributed by atoms with Crippen LogP contribution in [0.25, 0.3) is 0 Å². The van der Waals surface area contributed by atoms with E-state index >= 15 is 0 Å². The monoisotopic (exact) mass is 469 g/mol. The molecule has 2 aromatic rings. The lowest BCUT2D eigenvalue weighted by molar-refractivity contribution is 0.411. The maximum Gasteiger partial charge on any atom is 0.191 e. The third-order valence-corrected chi connectivity index (χ3v) is 3.82. The van der Waals surface area contributed by atoms with Gasteiger partial charge in [0.1, 0.15) is 11.5 Å². The van der Waals surface area contributed by atoms with Crippen molar-refractivity contribution in [2.24, 2.45) is 4.99 Å².